The summed E-state index contributed by atoms with van der Waals surface area (Å²) in [4.78, 5) is 23.0. The third-order valence-corrected chi connectivity index (χ3v) is 6.20. The van der Waals surface area contributed by atoms with Crippen molar-refractivity contribution in [2.24, 2.45) is 0 Å². The molecule has 10 heteroatoms. The maximum atomic E-state index is 12.3. The Morgan fingerprint density at radius 3 is 2.63 bits per heavy atom. The third kappa shape index (κ3) is 8.20. The molecule has 1 aliphatic rings. The topological polar surface area (TPSA) is 101 Å². The van der Waals surface area contributed by atoms with Crippen LogP contribution in [0.25, 0.3) is 0 Å². The van der Waals surface area contributed by atoms with Crippen LogP contribution in [0.4, 0.5) is 22.1 Å². The minimum Gasteiger partial charge on any atom is -0.494 e. The number of morpholine rings is 1. The molecule has 0 atom stereocenters. The summed E-state index contributed by atoms with van der Waals surface area (Å²) in [5.41, 5.74) is 1.84. The van der Waals surface area contributed by atoms with Gasteiger partial charge < -0.3 is 20.1 Å². The predicted octanol–water partition coefficient (Wildman–Crippen LogP) is 4.41. The zero-order valence-corrected chi connectivity index (χ0v) is 21.0. The molecule has 1 aromatic heterocycles. The maximum Gasteiger partial charge on any atom is 0.320 e. The van der Waals surface area contributed by atoms with E-state index in [1.807, 2.05) is 48.5 Å². The quantitative estimate of drug-likeness (QED) is 0.327. The van der Waals surface area contributed by atoms with Crippen molar-refractivity contribution in [1.29, 1.82) is 0 Å². The van der Waals surface area contributed by atoms with Crippen LogP contribution in [-0.2, 0) is 11.3 Å². The van der Waals surface area contributed by atoms with Crippen LogP contribution in [-0.4, -0.2) is 60.4 Å². The monoisotopic (exact) mass is 540 g/mol. The molecule has 1 fully saturated rings. The van der Waals surface area contributed by atoms with Crippen LogP contribution in [0.2, 0.25) is 0 Å². The van der Waals surface area contributed by atoms with E-state index in [0.29, 0.717) is 24.8 Å². The summed E-state index contributed by atoms with van der Waals surface area (Å²) in [6.07, 6.45) is 2.38. The lowest BCUT2D eigenvalue weighted by atomic mass is 10.2. The average molecular weight is 541 g/mol. The van der Waals surface area contributed by atoms with Crippen LogP contribution in [0.15, 0.2) is 65.4 Å². The van der Waals surface area contributed by atoms with Crippen molar-refractivity contribution in [3.05, 3.63) is 71.0 Å². The summed E-state index contributed by atoms with van der Waals surface area (Å²) < 4.78 is 12.2. The number of ether oxygens (including phenoxy) is 2. The molecule has 0 saturated carbocycles. The highest BCUT2D eigenvalue weighted by Gasteiger charge is 2.09. The number of carbonyl (C=O) groups excluding carboxylic acids is 1. The Morgan fingerprint density at radius 1 is 1.06 bits per heavy atom. The van der Waals surface area contributed by atoms with Gasteiger partial charge in [0.25, 0.3) is 0 Å². The second kappa shape index (κ2) is 13.0. The Hall–Kier alpha value is -3.21. The van der Waals surface area contributed by atoms with Gasteiger partial charge in [0.05, 0.1) is 19.8 Å². The number of hydrogen-bond acceptors (Lipinski definition) is 7. The second-order valence-electron chi connectivity index (χ2n) is 7.99. The summed E-state index contributed by atoms with van der Waals surface area (Å²) in [7, 11) is 0. The minimum atomic E-state index is -0.347. The fraction of sp³-hybridized carbons (Fsp3) is 0.320. The van der Waals surface area contributed by atoms with Crippen molar-refractivity contribution in [1.82, 2.24) is 20.2 Å². The lowest BCUT2D eigenvalue weighted by molar-refractivity contribution is 0.0358. The lowest BCUT2D eigenvalue weighted by Gasteiger charge is -2.26. The summed E-state index contributed by atoms with van der Waals surface area (Å²) in [6.45, 7) is 5.72. The molecule has 35 heavy (non-hydrogen) atoms. The number of aromatic nitrogens is 2. The molecular weight excluding hydrogens is 512 g/mol. The Bertz CT molecular complexity index is 1090. The van der Waals surface area contributed by atoms with Gasteiger partial charge in [-0.1, -0.05) is 34.1 Å². The Labute approximate surface area is 213 Å². The molecular formula is C25H29BrN6O3. The first kappa shape index (κ1) is 24.9. The third-order valence-electron chi connectivity index (χ3n) is 5.42. The van der Waals surface area contributed by atoms with Gasteiger partial charge in [0.1, 0.15) is 23.7 Å². The Balaban J connectivity index is 1.21. The number of rotatable bonds is 10. The number of benzene rings is 2. The lowest BCUT2D eigenvalue weighted by Crippen LogP contribution is -2.37. The highest BCUT2D eigenvalue weighted by Crippen LogP contribution is 2.20. The molecule has 4 rings (SSSR count). The van der Waals surface area contributed by atoms with Crippen molar-refractivity contribution in [3.8, 4) is 5.75 Å². The van der Waals surface area contributed by atoms with Crippen molar-refractivity contribution in [2.75, 3.05) is 50.1 Å². The van der Waals surface area contributed by atoms with Crippen LogP contribution in [0, 0.1) is 0 Å². The molecule has 184 valence electrons. The van der Waals surface area contributed by atoms with E-state index in [0.717, 1.165) is 60.7 Å². The van der Waals surface area contributed by atoms with Crippen LogP contribution in [0.1, 0.15) is 12.0 Å². The van der Waals surface area contributed by atoms with Crippen LogP contribution in [0.3, 0.4) is 0 Å². The zero-order valence-electron chi connectivity index (χ0n) is 19.4. The van der Waals surface area contributed by atoms with E-state index in [2.05, 4.69) is 46.7 Å². The van der Waals surface area contributed by atoms with Gasteiger partial charge in [-0.2, -0.15) is 0 Å². The second-order valence-corrected chi connectivity index (χ2v) is 8.85. The average Bonchev–Trinajstić information content (AvgIpc) is 2.88. The van der Waals surface area contributed by atoms with Crippen LogP contribution in [0.5, 0.6) is 5.75 Å². The number of hydrogen-bond donors (Lipinski definition) is 3. The fourth-order valence-corrected chi connectivity index (χ4v) is 3.98. The van der Waals surface area contributed by atoms with Gasteiger partial charge in [-0.15, -0.1) is 0 Å². The molecule has 2 amide bonds. The van der Waals surface area contributed by atoms with E-state index in [9.17, 15) is 4.79 Å². The molecule has 3 aromatic rings. The van der Waals surface area contributed by atoms with E-state index >= 15 is 0 Å². The summed E-state index contributed by atoms with van der Waals surface area (Å²) in [5, 5.41) is 8.77. The smallest absolute Gasteiger partial charge is 0.320 e. The van der Waals surface area contributed by atoms with Gasteiger partial charge in [-0.25, -0.2) is 14.8 Å². The number of halogens is 1. The summed E-state index contributed by atoms with van der Waals surface area (Å²) >= 11 is 3.48. The number of amides is 2. The molecule has 0 bridgehead atoms. The SMILES string of the molecule is O=C(NCc1ccccc1Br)Nc1cc(Nc2ccc(OCCCN3CCOCC3)cc2)ncn1. The number of nitrogens with zero attached hydrogens (tertiary/aromatic N) is 3. The molecule has 2 heterocycles. The molecule has 0 unspecified atom stereocenters. The Kier molecular flexibility index (Phi) is 9.27. The molecule has 0 aliphatic carbocycles. The standard InChI is InChI=1S/C25H29BrN6O3/c26-22-5-2-1-4-19(22)17-27-25(33)31-24-16-23(28-18-29-24)30-20-6-8-21(9-7-20)35-13-3-10-32-11-14-34-15-12-32/h1-2,4-9,16,18H,3,10-15,17H2,(H3,27,28,29,30,31,33). The molecule has 0 spiro atoms. The van der Waals surface area contributed by atoms with Gasteiger partial charge in [0.2, 0.25) is 0 Å². The number of carbonyl (C=O) groups is 1. The van der Waals surface area contributed by atoms with Crippen molar-refractivity contribution < 1.29 is 14.3 Å². The summed E-state index contributed by atoms with van der Waals surface area (Å²) in [5.74, 6) is 1.79. The molecule has 0 radical (unpaired) electrons. The van der Waals surface area contributed by atoms with Crippen molar-refractivity contribution in [3.63, 3.8) is 0 Å². The van der Waals surface area contributed by atoms with Gasteiger partial charge in [-0.3, -0.25) is 10.2 Å². The first-order valence-corrected chi connectivity index (χ1v) is 12.4. The molecule has 9 nitrogen and oxygen atoms in total. The zero-order chi connectivity index (χ0) is 24.3. The molecule has 2 aromatic carbocycles. The fourth-order valence-electron chi connectivity index (χ4n) is 3.56. The van der Waals surface area contributed by atoms with E-state index in [1.165, 1.54) is 6.33 Å². The maximum absolute atomic E-state index is 12.3. The van der Waals surface area contributed by atoms with Crippen molar-refractivity contribution >= 4 is 39.3 Å². The molecule has 1 saturated heterocycles. The number of urea groups is 1. The molecule has 3 N–H and O–H groups in total. The van der Waals surface area contributed by atoms with Gasteiger partial charge in [0.15, 0.2) is 0 Å². The number of nitrogens with one attached hydrogen (secondary N) is 3. The van der Waals surface area contributed by atoms with Gasteiger partial charge in [0, 0.05) is 42.4 Å². The largest absolute Gasteiger partial charge is 0.494 e. The Morgan fingerprint density at radius 2 is 1.83 bits per heavy atom. The highest BCUT2D eigenvalue weighted by atomic mass is 79.9. The van der Waals surface area contributed by atoms with Crippen LogP contribution < -0.4 is 20.7 Å². The van der Waals surface area contributed by atoms with Crippen molar-refractivity contribution in [2.45, 2.75) is 13.0 Å². The van der Waals surface area contributed by atoms with E-state index in [1.54, 1.807) is 6.07 Å². The predicted molar refractivity (Wildman–Crippen MR) is 139 cm³/mol. The van der Waals surface area contributed by atoms with E-state index in [-0.39, 0.29) is 6.03 Å². The molecule has 1 aliphatic heterocycles. The summed E-state index contributed by atoms with van der Waals surface area (Å²) in [6, 6.07) is 16.8. The van der Waals surface area contributed by atoms with Gasteiger partial charge >= 0.3 is 6.03 Å². The number of anilines is 3. The van der Waals surface area contributed by atoms with Gasteiger partial charge in [-0.05, 0) is 42.3 Å². The first-order chi connectivity index (χ1) is 17.2. The minimum absolute atomic E-state index is 0.347. The first-order valence-electron chi connectivity index (χ1n) is 11.6. The highest BCUT2D eigenvalue weighted by molar-refractivity contribution is 9.10. The van der Waals surface area contributed by atoms with E-state index < -0.39 is 0 Å². The normalized spacial score (nSPS) is 13.7. The van der Waals surface area contributed by atoms with E-state index in [4.69, 9.17) is 9.47 Å². The van der Waals surface area contributed by atoms with Crippen LogP contribution >= 0.6 is 15.9 Å².